The van der Waals surface area contributed by atoms with Gasteiger partial charge in [-0.2, -0.15) is 0 Å². The van der Waals surface area contributed by atoms with Crippen LogP contribution in [0, 0.1) is 18.8 Å². The van der Waals surface area contributed by atoms with Crippen LogP contribution in [-0.4, -0.2) is 36.5 Å². The van der Waals surface area contributed by atoms with Crippen LogP contribution in [0.4, 0.5) is 0 Å². The number of fused-ring (bicyclic) bond motifs is 1. The molecule has 0 saturated heterocycles. The Morgan fingerprint density at radius 1 is 1.15 bits per heavy atom. The van der Waals surface area contributed by atoms with Crippen LogP contribution in [0.5, 0.6) is 5.75 Å². The molecule has 27 heavy (non-hydrogen) atoms. The van der Waals surface area contributed by atoms with Gasteiger partial charge in [-0.1, -0.05) is 30.3 Å². The zero-order chi connectivity index (χ0) is 19.6. The second-order valence-corrected chi connectivity index (χ2v) is 6.91. The lowest BCUT2D eigenvalue weighted by Crippen LogP contribution is -2.41. The first-order valence-electron chi connectivity index (χ1n) is 9.22. The summed E-state index contributed by atoms with van der Waals surface area (Å²) in [7, 11) is 1.60. The number of carbonyl (C=O) groups is 1. The van der Waals surface area contributed by atoms with Gasteiger partial charge in [-0.15, -0.1) is 0 Å². The Bertz CT molecular complexity index is 802. The lowest BCUT2D eigenvalue weighted by Gasteiger charge is -2.41. The summed E-state index contributed by atoms with van der Waals surface area (Å²) in [6, 6.07) is 13.5. The van der Waals surface area contributed by atoms with Gasteiger partial charge in [0.2, 0.25) is 0 Å². The number of ether oxygens (including phenoxy) is 2. The molecule has 0 spiro atoms. The van der Waals surface area contributed by atoms with Gasteiger partial charge in [0.05, 0.1) is 25.7 Å². The normalized spacial score (nSPS) is 24.2. The van der Waals surface area contributed by atoms with Crippen molar-refractivity contribution in [2.45, 2.75) is 25.9 Å². The summed E-state index contributed by atoms with van der Waals surface area (Å²) in [6.45, 7) is 3.60. The van der Waals surface area contributed by atoms with Gasteiger partial charge in [0.25, 0.3) is 0 Å². The highest BCUT2D eigenvalue weighted by atomic mass is 16.5. The van der Waals surface area contributed by atoms with E-state index in [2.05, 4.69) is 0 Å². The fraction of sp³-hybridized carbons (Fsp3) is 0.409. The van der Waals surface area contributed by atoms with Crippen LogP contribution < -0.4 is 4.74 Å². The molecule has 2 aromatic rings. The Labute approximate surface area is 159 Å². The lowest BCUT2D eigenvalue weighted by atomic mass is 9.65. The number of benzene rings is 2. The van der Waals surface area contributed by atoms with E-state index in [0.717, 1.165) is 22.3 Å². The Kier molecular flexibility index (Phi) is 5.82. The number of esters is 1. The maximum Gasteiger partial charge on any atom is 0.310 e. The topological polar surface area (TPSA) is 76.0 Å². The monoisotopic (exact) mass is 370 g/mol. The highest BCUT2D eigenvalue weighted by Crippen LogP contribution is 2.50. The molecule has 0 radical (unpaired) electrons. The van der Waals surface area contributed by atoms with Crippen LogP contribution in [0.2, 0.25) is 0 Å². The highest BCUT2D eigenvalue weighted by Gasteiger charge is 2.47. The summed E-state index contributed by atoms with van der Waals surface area (Å²) >= 11 is 0. The van der Waals surface area contributed by atoms with E-state index in [9.17, 15) is 15.0 Å². The molecule has 2 aromatic carbocycles. The molecule has 0 aromatic heterocycles. The van der Waals surface area contributed by atoms with Crippen molar-refractivity contribution in [2.75, 3.05) is 20.3 Å². The van der Waals surface area contributed by atoms with Gasteiger partial charge < -0.3 is 19.7 Å². The predicted octanol–water partition coefficient (Wildman–Crippen LogP) is 2.97. The maximum absolute atomic E-state index is 12.9. The van der Waals surface area contributed by atoms with Gasteiger partial charge >= 0.3 is 5.97 Å². The minimum absolute atomic E-state index is 0.245. The second kappa shape index (κ2) is 8.11. The van der Waals surface area contributed by atoms with Crippen LogP contribution in [0.25, 0.3) is 0 Å². The predicted molar refractivity (Wildman–Crippen MR) is 102 cm³/mol. The number of hydrogen-bond donors (Lipinski definition) is 2. The third-order valence-corrected chi connectivity index (χ3v) is 5.41. The van der Waals surface area contributed by atoms with Gasteiger partial charge in [0.15, 0.2) is 0 Å². The number of methoxy groups -OCH3 is 1. The molecule has 5 heteroatoms. The van der Waals surface area contributed by atoms with Crippen molar-refractivity contribution in [1.82, 2.24) is 0 Å². The van der Waals surface area contributed by atoms with E-state index in [1.165, 1.54) is 0 Å². The van der Waals surface area contributed by atoms with E-state index < -0.39 is 23.9 Å². The number of aliphatic hydroxyl groups excluding tert-OH is 2. The molecule has 144 valence electrons. The molecule has 0 fully saturated rings. The summed E-state index contributed by atoms with van der Waals surface area (Å²) in [4.78, 5) is 12.9. The Morgan fingerprint density at radius 2 is 1.85 bits per heavy atom. The molecule has 2 N–H and O–H groups in total. The number of rotatable bonds is 5. The molecule has 0 bridgehead atoms. The van der Waals surface area contributed by atoms with Crippen molar-refractivity contribution in [1.29, 1.82) is 0 Å². The molecule has 0 aliphatic heterocycles. The average Bonchev–Trinajstić information content (AvgIpc) is 2.68. The van der Waals surface area contributed by atoms with Gasteiger partial charge in [0, 0.05) is 18.4 Å². The third-order valence-electron chi connectivity index (χ3n) is 5.41. The van der Waals surface area contributed by atoms with E-state index in [-0.39, 0.29) is 19.1 Å². The number of aryl methyl sites for hydroxylation is 1. The van der Waals surface area contributed by atoms with E-state index >= 15 is 0 Å². The standard InChI is InChI=1S/C22H26O5/c1-4-27-22(25)20-17(12-23)21(24)16-10-13(2)18(26-3)11-15(16)19(20)14-8-6-5-7-9-14/h5-11,17,19-21,23-24H,4,12H2,1-3H3/t17?,19-,20-,21?/m1/s1. The molecular weight excluding hydrogens is 344 g/mol. The molecule has 1 aliphatic carbocycles. The van der Waals surface area contributed by atoms with E-state index in [1.807, 2.05) is 49.4 Å². The molecule has 2 unspecified atom stereocenters. The van der Waals surface area contributed by atoms with Crippen molar-refractivity contribution in [3.8, 4) is 5.75 Å². The number of aliphatic hydroxyl groups is 2. The van der Waals surface area contributed by atoms with Gasteiger partial charge in [-0.05, 0) is 48.2 Å². The van der Waals surface area contributed by atoms with Crippen LogP contribution in [0.15, 0.2) is 42.5 Å². The molecule has 1 aliphatic rings. The molecule has 0 saturated carbocycles. The average molecular weight is 370 g/mol. The largest absolute Gasteiger partial charge is 0.496 e. The molecular formula is C22H26O5. The summed E-state index contributed by atoms with van der Waals surface area (Å²) in [6.07, 6.45) is -0.955. The van der Waals surface area contributed by atoms with Crippen LogP contribution >= 0.6 is 0 Å². The van der Waals surface area contributed by atoms with Gasteiger partial charge in [-0.25, -0.2) is 0 Å². The van der Waals surface area contributed by atoms with Crippen molar-refractivity contribution >= 4 is 5.97 Å². The molecule has 5 nitrogen and oxygen atoms in total. The van der Waals surface area contributed by atoms with Crippen LogP contribution in [0.1, 0.15) is 41.2 Å². The quantitative estimate of drug-likeness (QED) is 0.792. The van der Waals surface area contributed by atoms with Gasteiger partial charge in [-0.3, -0.25) is 4.79 Å². The first kappa shape index (κ1) is 19.4. The Balaban J connectivity index is 2.25. The van der Waals surface area contributed by atoms with E-state index in [4.69, 9.17) is 9.47 Å². The first-order valence-corrected chi connectivity index (χ1v) is 9.22. The maximum atomic E-state index is 12.9. The van der Waals surface area contributed by atoms with Crippen LogP contribution in [-0.2, 0) is 9.53 Å². The van der Waals surface area contributed by atoms with Crippen molar-refractivity contribution in [3.63, 3.8) is 0 Å². The molecule has 0 amide bonds. The van der Waals surface area contributed by atoms with Crippen molar-refractivity contribution < 1.29 is 24.5 Å². The van der Waals surface area contributed by atoms with Crippen molar-refractivity contribution in [3.05, 3.63) is 64.7 Å². The minimum Gasteiger partial charge on any atom is -0.496 e. The summed E-state index contributed by atoms with van der Waals surface area (Å²) < 4.78 is 10.8. The number of carbonyl (C=O) groups excluding carboxylic acids is 1. The highest BCUT2D eigenvalue weighted by molar-refractivity contribution is 5.76. The number of hydrogen-bond acceptors (Lipinski definition) is 5. The summed E-state index contributed by atoms with van der Waals surface area (Å²) in [5, 5.41) is 21.0. The lowest BCUT2D eigenvalue weighted by molar-refractivity contribution is -0.154. The summed E-state index contributed by atoms with van der Waals surface area (Å²) in [5.41, 5.74) is 3.39. The van der Waals surface area contributed by atoms with Gasteiger partial charge in [0.1, 0.15) is 5.75 Å². The fourth-order valence-corrected chi connectivity index (χ4v) is 4.15. The molecule has 0 heterocycles. The summed E-state index contributed by atoms with van der Waals surface area (Å²) in [5.74, 6) is -1.38. The Morgan fingerprint density at radius 3 is 2.44 bits per heavy atom. The van der Waals surface area contributed by atoms with Crippen LogP contribution in [0.3, 0.4) is 0 Å². The smallest absolute Gasteiger partial charge is 0.310 e. The van der Waals surface area contributed by atoms with Crippen molar-refractivity contribution in [2.24, 2.45) is 11.8 Å². The van der Waals surface area contributed by atoms with E-state index in [1.54, 1.807) is 14.0 Å². The molecule has 4 atom stereocenters. The minimum atomic E-state index is -0.955. The third kappa shape index (κ3) is 3.45. The fourth-order valence-electron chi connectivity index (χ4n) is 4.15. The SMILES string of the molecule is CCOC(=O)[C@@H]1C(CO)C(O)c2cc(C)c(OC)cc2[C@H]1c1ccccc1. The van der Waals surface area contributed by atoms with E-state index in [0.29, 0.717) is 5.75 Å². The zero-order valence-corrected chi connectivity index (χ0v) is 15.9. The molecule has 3 rings (SSSR count). The zero-order valence-electron chi connectivity index (χ0n) is 15.9. The Hall–Kier alpha value is -2.37. The second-order valence-electron chi connectivity index (χ2n) is 6.91. The first-order chi connectivity index (χ1) is 13.0.